The quantitative estimate of drug-likeness (QED) is 0.727. The van der Waals surface area contributed by atoms with E-state index in [0.29, 0.717) is 18.7 Å². The van der Waals surface area contributed by atoms with Crippen molar-refractivity contribution in [3.05, 3.63) is 35.6 Å². The van der Waals surface area contributed by atoms with Crippen LogP contribution in [-0.4, -0.2) is 36.5 Å². The first-order valence-electron chi connectivity index (χ1n) is 7.14. The molecule has 0 aromatic heterocycles. The van der Waals surface area contributed by atoms with Gasteiger partial charge in [0, 0.05) is 18.7 Å². The minimum Gasteiger partial charge on any atom is -0.466 e. The molecule has 0 saturated carbocycles. The maximum Gasteiger partial charge on any atom is 0.307 e. The summed E-state index contributed by atoms with van der Waals surface area (Å²) in [5.74, 6) is -0.800. The second-order valence-electron chi connectivity index (χ2n) is 5.21. The van der Waals surface area contributed by atoms with Crippen LogP contribution in [0.25, 0.3) is 0 Å². The Morgan fingerprint density at radius 3 is 2.62 bits per heavy atom. The summed E-state index contributed by atoms with van der Waals surface area (Å²) in [6, 6.07) is 5.58. The topological polar surface area (TPSA) is 46.6 Å². The van der Waals surface area contributed by atoms with Gasteiger partial charge in [-0.15, -0.1) is 0 Å². The van der Waals surface area contributed by atoms with E-state index in [1.165, 1.54) is 18.2 Å². The van der Waals surface area contributed by atoms with Crippen molar-refractivity contribution in [1.29, 1.82) is 0 Å². The summed E-state index contributed by atoms with van der Waals surface area (Å²) in [5.41, 5.74) is 0.291. The first kappa shape index (κ1) is 17.1. The van der Waals surface area contributed by atoms with E-state index in [1.807, 2.05) is 13.8 Å². The highest BCUT2D eigenvalue weighted by Crippen LogP contribution is 2.10. The third kappa shape index (κ3) is 5.94. The molecule has 1 rings (SSSR count). The Bertz CT molecular complexity index is 488. The molecular weight excluding hydrogens is 273 g/mol. The van der Waals surface area contributed by atoms with Crippen LogP contribution in [0.15, 0.2) is 24.3 Å². The molecule has 0 bridgehead atoms. The second-order valence-corrected chi connectivity index (χ2v) is 5.21. The molecule has 5 heteroatoms. The number of nitrogens with zero attached hydrogens (tertiary/aromatic N) is 1. The first-order chi connectivity index (χ1) is 9.93. The zero-order chi connectivity index (χ0) is 15.8. The fourth-order valence-electron chi connectivity index (χ4n) is 1.98. The third-order valence-electron chi connectivity index (χ3n) is 2.84. The summed E-state index contributed by atoms with van der Waals surface area (Å²) >= 11 is 0. The van der Waals surface area contributed by atoms with E-state index in [9.17, 15) is 14.0 Å². The van der Waals surface area contributed by atoms with Crippen LogP contribution in [-0.2, 0) is 9.53 Å². The average Bonchev–Trinajstić information content (AvgIpc) is 2.42. The lowest BCUT2D eigenvalue weighted by atomic mass is 10.1. The molecule has 0 saturated heterocycles. The van der Waals surface area contributed by atoms with Crippen molar-refractivity contribution in [2.24, 2.45) is 5.92 Å². The Morgan fingerprint density at radius 2 is 2.05 bits per heavy atom. The summed E-state index contributed by atoms with van der Waals surface area (Å²) < 4.78 is 18.1. The minimum atomic E-state index is -0.448. The highest BCUT2D eigenvalue weighted by Gasteiger charge is 2.18. The van der Waals surface area contributed by atoms with Crippen LogP contribution in [0.5, 0.6) is 0 Å². The molecule has 0 heterocycles. The molecule has 0 atom stereocenters. The molecule has 0 N–H and O–H groups in total. The van der Waals surface area contributed by atoms with Crippen LogP contribution in [0, 0.1) is 11.7 Å². The SMILES string of the molecule is CCOC(=O)CCN(CC(C)C)C(=O)c1cccc(F)c1. The summed E-state index contributed by atoms with van der Waals surface area (Å²) in [7, 11) is 0. The van der Waals surface area contributed by atoms with Gasteiger partial charge < -0.3 is 9.64 Å². The van der Waals surface area contributed by atoms with Crippen LogP contribution in [0.2, 0.25) is 0 Å². The van der Waals surface area contributed by atoms with Crippen molar-refractivity contribution in [3.8, 4) is 0 Å². The molecule has 0 spiro atoms. The Morgan fingerprint density at radius 1 is 1.33 bits per heavy atom. The standard InChI is InChI=1S/C16H22FNO3/c1-4-21-15(19)8-9-18(11-12(2)3)16(20)13-6-5-7-14(17)10-13/h5-7,10,12H,4,8-9,11H2,1-3H3. The number of carbonyl (C=O) groups excluding carboxylic acids is 2. The highest BCUT2D eigenvalue weighted by molar-refractivity contribution is 5.94. The van der Waals surface area contributed by atoms with Crippen LogP contribution in [0.1, 0.15) is 37.6 Å². The van der Waals surface area contributed by atoms with Gasteiger partial charge in [-0.3, -0.25) is 9.59 Å². The number of rotatable bonds is 7. The molecule has 1 aromatic rings. The Kier molecular flexibility index (Phi) is 6.85. The molecule has 21 heavy (non-hydrogen) atoms. The number of halogens is 1. The van der Waals surface area contributed by atoms with Gasteiger partial charge in [-0.25, -0.2) is 4.39 Å². The number of benzene rings is 1. The zero-order valence-corrected chi connectivity index (χ0v) is 12.8. The third-order valence-corrected chi connectivity index (χ3v) is 2.84. The number of esters is 1. The van der Waals surface area contributed by atoms with Gasteiger partial charge in [-0.05, 0) is 31.0 Å². The smallest absolute Gasteiger partial charge is 0.307 e. The monoisotopic (exact) mass is 295 g/mol. The van der Waals surface area contributed by atoms with E-state index < -0.39 is 5.82 Å². The maximum atomic E-state index is 13.2. The van der Waals surface area contributed by atoms with Crippen LogP contribution >= 0.6 is 0 Å². The van der Waals surface area contributed by atoms with E-state index in [2.05, 4.69) is 0 Å². The lowest BCUT2D eigenvalue weighted by Crippen LogP contribution is -2.36. The normalized spacial score (nSPS) is 10.5. The van der Waals surface area contributed by atoms with E-state index in [4.69, 9.17) is 4.74 Å². The predicted molar refractivity (Wildman–Crippen MR) is 78.4 cm³/mol. The number of ether oxygens (including phenoxy) is 1. The van der Waals surface area contributed by atoms with E-state index in [-0.39, 0.29) is 30.8 Å². The number of amides is 1. The minimum absolute atomic E-state index is 0.140. The molecule has 1 amide bonds. The van der Waals surface area contributed by atoms with Crippen LogP contribution in [0.4, 0.5) is 4.39 Å². The van der Waals surface area contributed by atoms with E-state index in [1.54, 1.807) is 17.9 Å². The maximum absolute atomic E-state index is 13.2. The molecule has 0 fully saturated rings. The van der Waals surface area contributed by atoms with Gasteiger partial charge in [0.1, 0.15) is 5.82 Å². The summed E-state index contributed by atoms with van der Waals surface area (Å²) in [5, 5.41) is 0. The highest BCUT2D eigenvalue weighted by atomic mass is 19.1. The van der Waals surface area contributed by atoms with Crippen molar-refractivity contribution in [2.75, 3.05) is 19.7 Å². The van der Waals surface area contributed by atoms with Crippen molar-refractivity contribution < 1.29 is 18.7 Å². The average molecular weight is 295 g/mol. The van der Waals surface area contributed by atoms with Crippen molar-refractivity contribution in [1.82, 2.24) is 4.90 Å². The van der Waals surface area contributed by atoms with E-state index >= 15 is 0 Å². The fourth-order valence-corrected chi connectivity index (χ4v) is 1.98. The molecule has 0 unspecified atom stereocenters. The first-order valence-corrected chi connectivity index (χ1v) is 7.14. The molecular formula is C16H22FNO3. The lowest BCUT2D eigenvalue weighted by molar-refractivity contribution is -0.143. The predicted octanol–water partition coefficient (Wildman–Crippen LogP) is 2.88. The molecule has 0 aliphatic heterocycles. The van der Waals surface area contributed by atoms with Crippen LogP contribution < -0.4 is 0 Å². The number of hydrogen-bond donors (Lipinski definition) is 0. The van der Waals surface area contributed by atoms with Crippen molar-refractivity contribution >= 4 is 11.9 Å². The molecule has 0 aliphatic carbocycles. The van der Waals surface area contributed by atoms with Crippen LogP contribution in [0.3, 0.4) is 0 Å². The Labute approximate surface area is 124 Å². The van der Waals surface area contributed by atoms with Gasteiger partial charge in [0.2, 0.25) is 0 Å². The zero-order valence-electron chi connectivity index (χ0n) is 12.8. The van der Waals surface area contributed by atoms with Gasteiger partial charge in [0.05, 0.1) is 13.0 Å². The summed E-state index contributed by atoms with van der Waals surface area (Å²) in [4.78, 5) is 25.4. The van der Waals surface area contributed by atoms with Crippen molar-refractivity contribution in [3.63, 3.8) is 0 Å². The van der Waals surface area contributed by atoms with E-state index in [0.717, 1.165) is 0 Å². The summed E-state index contributed by atoms with van der Waals surface area (Å²) in [6.07, 6.45) is 0.140. The lowest BCUT2D eigenvalue weighted by Gasteiger charge is -2.24. The second kappa shape index (κ2) is 8.39. The molecule has 0 aliphatic rings. The Balaban J connectivity index is 2.76. The molecule has 0 radical (unpaired) electrons. The van der Waals surface area contributed by atoms with Gasteiger partial charge >= 0.3 is 5.97 Å². The molecule has 116 valence electrons. The summed E-state index contributed by atoms with van der Waals surface area (Å²) in [6.45, 7) is 6.80. The fraction of sp³-hybridized carbons (Fsp3) is 0.500. The molecule has 4 nitrogen and oxygen atoms in total. The Hall–Kier alpha value is -1.91. The van der Waals surface area contributed by atoms with Gasteiger partial charge in [-0.1, -0.05) is 19.9 Å². The van der Waals surface area contributed by atoms with Gasteiger partial charge in [-0.2, -0.15) is 0 Å². The van der Waals surface area contributed by atoms with Gasteiger partial charge in [0.15, 0.2) is 0 Å². The largest absolute Gasteiger partial charge is 0.466 e. The number of hydrogen-bond acceptors (Lipinski definition) is 3. The van der Waals surface area contributed by atoms with Crippen molar-refractivity contribution in [2.45, 2.75) is 27.2 Å². The number of carbonyl (C=O) groups is 2. The van der Waals surface area contributed by atoms with Gasteiger partial charge in [0.25, 0.3) is 5.91 Å². The molecule has 1 aromatic carbocycles.